The maximum atomic E-state index is 13.4. The molecule has 4 rings (SSSR count). The van der Waals surface area contributed by atoms with E-state index in [1.807, 2.05) is 17.9 Å². The maximum Gasteiger partial charge on any atom is 0.253 e. The summed E-state index contributed by atoms with van der Waals surface area (Å²) in [4.78, 5) is 15.4. The van der Waals surface area contributed by atoms with Crippen LogP contribution < -0.4 is 15.4 Å². The number of nitrogens with zero attached hydrogens (tertiary/aromatic N) is 1. The van der Waals surface area contributed by atoms with Crippen molar-refractivity contribution >= 4 is 21.6 Å². The van der Waals surface area contributed by atoms with E-state index in [9.17, 15) is 13.2 Å². The first-order chi connectivity index (χ1) is 14.5. The molecule has 2 heterocycles. The number of hydrogen-bond acceptors (Lipinski definition) is 6. The number of aryl methyl sites for hydroxylation is 1. The highest BCUT2D eigenvalue weighted by atomic mass is 32.2. The molecule has 1 aromatic heterocycles. The average Bonchev–Trinajstić information content (AvgIpc) is 3.06. The highest BCUT2D eigenvalue weighted by Crippen LogP contribution is 2.42. The van der Waals surface area contributed by atoms with Crippen molar-refractivity contribution in [2.45, 2.75) is 44.6 Å². The SMILES string of the molecule is Cc1cc2c(o1)CC(C)(C)C[C@@H]2NC(=O)c1cc(S(N)(=O)=O)ccc1N1CCOCC1. The maximum absolute atomic E-state index is 13.4. The van der Waals surface area contributed by atoms with E-state index in [0.717, 1.165) is 29.9 Å². The van der Waals surface area contributed by atoms with Gasteiger partial charge in [-0.3, -0.25) is 4.79 Å². The molecule has 2 aromatic rings. The number of nitrogens with one attached hydrogen (secondary N) is 1. The molecule has 1 fully saturated rings. The van der Waals surface area contributed by atoms with E-state index >= 15 is 0 Å². The number of carbonyl (C=O) groups is 1. The van der Waals surface area contributed by atoms with Crippen molar-refractivity contribution in [3.8, 4) is 0 Å². The minimum absolute atomic E-state index is 0.0370. The molecule has 2 aliphatic rings. The minimum atomic E-state index is -3.94. The van der Waals surface area contributed by atoms with Crippen LogP contribution in [0.3, 0.4) is 0 Å². The van der Waals surface area contributed by atoms with Gasteiger partial charge in [0.05, 0.1) is 29.7 Å². The highest BCUT2D eigenvalue weighted by molar-refractivity contribution is 7.89. The summed E-state index contributed by atoms with van der Waals surface area (Å²) < 4.78 is 35.2. The summed E-state index contributed by atoms with van der Waals surface area (Å²) in [5.41, 5.74) is 1.91. The second-order valence-corrected chi connectivity index (χ2v) is 10.7. The molecule has 9 heteroatoms. The number of amides is 1. The third-order valence-corrected chi connectivity index (χ3v) is 6.85. The number of anilines is 1. The van der Waals surface area contributed by atoms with Crippen molar-refractivity contribution in [3.05, 3.63) is 46.9 Å². The molecule has 1 aliphatic heterocycles. The van der Waals surface area contributed by atoms with Crippen LogP contribution in [0.25, 0.3) is 0 Å². The fraction of sp³-hybridized carbons (Fsp3) is 0.500. The van der Waals surface area contributed by atoms with E-state index < -0.39 is 10.0 Å². The predicted molar refractivity (Wildman–Crippen MR) is 117 cm³/mol. The van der Waals surface area contributed by atoms with Crippen molar-refractivity contribution in [1.82, 2.24) is 5.32 Å². The minimum Gasteiger partial charge on any atom is -0.466 e. The summed E-state index contributed by atoms with van der Waals surface area (Å²) >= 11 is 0. The van der Waals surface area contributed by atoms with Gasteiger partial charge in [-0.25, -0.2) is 13.6 Å². The largest absolute Gasteiger partial charge is 0.466 e. The Bertz CT molecular complexity index is 1100. The van der Waals surface area contributed by atoms with Crippen molar-refractivity contribution in [2.75, 3.05) is 31.2 Å². The topological polar surface area (TPSA) is 115 Å². The fourth-order valence-corrected chi connectivity index (χ4v) is 5.04. The zero-order valence-corrected chi connectivity index (χ0v) is 18.9. The van der Waals surface area contributed by atoms with E-state index in [4.69, 9.17) is 14.3 Å². The zero-order valence-electron chi connectivity index (χ0n) is 18.1. The van der Waals surface area contributed by atoms with Crippen LogP contribution in [0.5, 0.6) is 0 Å². The van der Waals surface area contributed by atoms with Crippen LogP contribution in [0.4, 0.5) is 5.69 Å². The number of nitrogens with two attached hydrogens (primary N) is 1. The lowest BCUT2D eigenvalue weighted by atomic mass is 9.74. The van der Waals surface area contributed by atoms with Crippen LogP contribution in [0.15, 0.2) is 33.6 Å². The van der Waals surface area contributed by atoms with Crippen LogP contribution >= 0.6 is 0 Å². The molecule has 1 saturated heterocycles. The molecule has 0 saturated carbocycles. The van der Waals surface area contributed by atoms with Gasteiger partial charge >= 0.3 is 0 Å². The Morgan fingerprint density at radius 2 is 1.94 bits per heavy atom. The Morgan fingerprint density at radius 1 is 1.23 bits per heavy atom. The molecule has 0 spiro atoms. The first kappa shape index (κ1) is 21.9. The Balaban J connectivity index is 1.70. The lowest BCUT2D eigenvalue weighted by Crippen LogP contribution is -2.39. The molecular weight excluding hydrogens is 418 g/mol. The molecule has 3 N–H and O–H groups in total. The van der Waals surface area contributed by atoms with Crippen molar-refractivity contribution in [2.24, 2.45) is 10.6 Å². The van der Waals surface area contributed by atoms with Gasteiger partial charge < -0.3 is 19.4 Å². The van der Waals surface area contributed by atoms with Gasteiger partial charge in [0.2, 0.25) is 10.0 Å². The Morgan fingerprint density at radius 3 is 2.61 bits per heavy atom. The van der Waals surface area contributed by atoms with Crippen molar-refractivity contribution in [1.29, 1.82) is 0 Å². The second kappa shape index (κ2) is 7.96. The molecule has 0 unspecified atom stereocenters. The number of carbonyl (C=O) groups excluding carboxylic acids is 1. The van der Waals surface area contributed by atoms with Crippen LogP contribution in [0, 0.1) is 12.3 Å². The smallest absolute Gasteiger partial charge is 0.253 e. The normalized spacial score (nSPS) is 20.9. The van der Waals surface area contributed by atoms with Gasteiger partial charge in [-0.2, -0.15) is 0 Å². The second-order valence-electron chi connectivity index (χ2n) is 9.13. The van der Waals surface area contributed by atoms with Crippen LogP contribution in [0.2, 0.25) is 0 Å². The van der Waals surface area contributed by atoms with Gasteiger partial charge in [-0.15, -0.1) is 0 Å². The first-order valence-corrected chi connectivity index (χ1v) is 12.0. The molecule has 0 bridgehead atoms. The van der Waals surface area contributed by atoms with E-state index in [1.54, 1.807) is 6.07 Å². The Kier molecular flexibility index (Phi) is 5.61. The average molecular weight is 448 g/mol. The number of rotatable bonds is 4. The van der Waals surface area contributed by atoms with E-state index in [1.165, 1.54) is 12.1 Å². The van der Waals surface area contributed by atoms with Crippen LogP contribution in [-0.2, 0) is 21.2 Å². The molecule has 1 amide bonds. The van der Waals surface area contributed by atoms with Crippen LogP contribution in [-0.4, -0.2) is 40.6 Å². The number of fused-ring (bicyclic) bond motifs is 1. The number of primary sulfonamides is 1. The quantitative estimate of drug-likeness (QED) is 0.744. The molecular formula is C22H29N3O5S. The van der Waals surface area contributed by atoms with Gasteiger partial charge in [-0.1, -0.05) is 13.8 Å². The number of morpholine rings is 1. The third kappa shape index (κ3) is 4.63. The summed E-state index contributed by atoms with van der Waals surface area (Å²) in [7, 11) is -3.94. The lowest BCUT2D eigenvalue weighted by Gasteiger charge is -2.35. The summed E-state index contributed by atoms with van der Waals surface area (Å²) in [6.45, 7) is 8.53. The fourth-order valence-electron chi connectivity index (χ4n) is 4.50. The summed E-state index contributed by atoms with van der Waals surface area (Å²) in [5, 5.41) is 8.46. The van der Waals surface area contributed by atoms with Gasteiger partial charge in [0, 0.05) is 30.8 Å². The summed E-state index contributed by atoms with van der Waals surface area (Å²) in [5.74, 6) is 1.37. The molecule has 1 aliphatic carbocycles. The van der Waals surface area contributed by atoms with E-state index in [-0.39, 0.29) is 22.3 Å². The van der Waals surface area contributed by atoms with Gasteiger partial charge in [0.25, 0.3) is 5.91 Å². The number of furan rings is 1. The molecule has 1 aromatic carbocycles. The number of benzene rings is 1. The standard InChI is InChI=1S/C22H29N3O5S/c1-14-10-16-18(12-22(2,3)13-20(16)30-14)24-21(26)17-11-15(31(23,27)28)4-5-19(17)25-6-8-29-9-7-25/h4-5,10-11,18H,6-9,12-13H2,1-3H3,(H,24,26)(H2,23,27,28)/t18-/m0/s1. The molecule has 168 valence electrons. The highest BCUT2D eigenvalue weighted by Gasteiger charge is 2.36. The van der Waals surface area contributed by atoms with Crippen molar-refractivity contribution in [3.63, 3.8) is 0 Å². The summed E-state index contributed by atoms with van der Waals surface area (Å²) in [6, 6.07) is 6.21. The third-order valence-electron chi connectivity index (χ3n) is 5.93. The Hall–Kier alpha value is -2.36. The van der Waals surface area contributed by atoms with Gasteiger partial charge in [0.1, 0.15) is 11.5 Å². The molecule has 1 atom stereocenters. The lowest BCUT2D eigenvalue weighted by molar-refractivity contribution is 0.0916. The van der Waals surface area contributed by atoms with Gasteiger partial charge in [0.15, 0.2) is 0 Å². The summed E-state index contributed by atoms with van der Waals surface area (Å²) in [6.07, 6.45) is 1.56. The number of sulfonamides is 1. The van der Waals surface area contributed by atoms with Crippen molar-refractivity contribution < 1.29 is 22.4 Å². The predicted octanol–water partition coefficient (Wildman–Crippen LogP) is 2.52. The van der Waals surface area contributed by atoms with Crippen LogP contribution in [0.1, 0.15) is 53.8 Å². The monoisotopic (exact) mass is 447 g/mol. The van der Waals surface area contributed by atoms with E-state index in [2.05, 4.69) is 19.2 Å². The number of hydrogen-bond donors (Lipinski definition) is 2. The van der Waals surface area contributed by atoms with Gasteiger partial charge in [-0.05, 0) is 43.0 Å². The zero-order chi connectivity index (χ0) is 22.4. The molecule has 8 nitrogen and oxygen atoms in total. The first-order valence-electron chi connectivity index (χ1n) is 10.4. The molecule has 0 radical (unpaired) electrons. The Labute approximate surface area is 182 Å². The van der Waals surface area contributed by atoms with E-state index in [0.29, 0.717) is 37.6 Å². The molecule has 31 heavy (non-hydrogen) atoms. The number of ether oxygens (including phenoxy) is 1.